The maximum Gasteiger partial charge on any atom is 0.259 e. The van der Waals surface area contributed by atoms with Crippen LogP contribution < -0.4 is 15.4 Å². The zero-order chi connectivity index (χ0) is 24.2. The number of amides is 2. The van der Waals surface area contributed by atoms with E-state index in [0.717, 1.165) is 25.7 Å². The highest BCUT2D eigenvalue weighted by Gasteiger charge is 2.32. The van der Waals surface area contributed by atoms with E-state index in [1.54, 1.807) is 16.4 Å². The zero-order valence-electron chi connectivity index (χ0n) is 18.9. The molecule has 1 atom stereocenters. The summed E-state index contributed by atoms with van der Waals surface area (Å²) in [5.41, 5.74) is 0.927. The van der Waals surface area contributed by atoms with Gasteiger partial charge in [0.05, 0.1) is 28.3 Å². The minimum Gasteiger partial charge on any atom is -0.496 e. The van der Waals surface area contributed by atoms with E-state index in [9.17, 15) is 18.0 Å². The number of benzene rings is 2. The molecule has 0 radical (unpaired) electrons. The molecular formula is C23H28ClN3O5S. The molecule has 0 saturated carbocycles. The Hall–Kier alpha value is -2.62. The SMILES string of the molecule is CCC1CCCCN1S(=O)(=O)c1ccc(NC(=O)c2cc(Cl)c(NC(C)=O)cc2OC)cc1. The third kappa shape index (κ3) is 5.66. The number of sulfonamides is 1. The lowest BCUT2D eigenvalue weighted by atomic mass is 10.0. The second-order valence-corrected chi connectivity index (χ2v) is 10.2. The fourth-order valence-electron chi connectivity index (χ4n) is 3.93. The molecule has 1 unspecified atom stereocenters. The van der Waals surface area contributed by atoms with Crippen molar-refractivity contribution < 1.29 is 22.7 Å². The summed E-state index contributed by atoms with van der Waals surface area (Å²) in [6.07, 6.45) is 3.54. The molecule has 1 saturated heterocycles. The molecule has 2 N–H and O–H groups in total. The first-order chi connectivity index (χ1) is 15.7. The number of carbonyl (C=O) groups excluding carboxylic acids is 2. The Morgan fingerprint density at radius 1 is 1.15 bits per heavy atom. The minimum atomic E-state index is -3.60. The fraction of sp³-hybridized carbons (Fsp3) is 0.391. The van der Waals surface area contributed by atoms with Gasteiger partial charge in [0.25, 0.3) is 5.91 Å². The van der Waals surface area contributed by atoms with E-state index in [1.807, 2.05) is 6.92 Å². The monoisotopic (exact) mass is 493 g/mol. The maximum absolute atomic E-state index is 13.1. The summed E-state index contributed by atoms with van der Waals surface area (Å²) in [5.74, 6) is -0.558. The lowest BCUT2D eigenvalue weighted by molar-refractivity contribution is -0.114. The molecule has 1 aliphatic heterocycles. The van der Waals surface area contributed by atoms with E-state index < -0.39 is 15.9 Å². The van der Waals surface area contributed by atoms with E-state index >= 15 is 0 Å². The number of nitrogens with zero attached hydrogens (tertiary/aromatic N) is 1. The summed E-state index contributed by atoms with van der Waals surface area (Å²) in [7, 11) is -2.20. The van der Waals surface area contributed by atoms with Gasteiger partial charge in [-0.1, -0.05) is 24.9 Å². The molecule has 178 valence electrons. The summed E-state index contributed by atoms with van der Waals surface area (Å²) in [6.45, 7) is 3.87. The van der Waals surface area contributed by atoms with Crippen LogP contribution in [0.2, 0.25) is 5.02 Å². The molecular weight excluding hydrogens is 466 g/mol. The minimum absolute atomic E-state index is 0.0146. The molecule has 0 aliphatic carbocycles. The van der Waals surface area contributed by atoms with Crippen LogP contribution in [0.1, 0.15) is 49.9 Å². The third-order valence-corrected chi connectivity index (χ3v) is 7.89. The maximum atomic E-state index is 13.1. The Morgan fingerprint density at radius 3 is 2.45 bits per heavy atom. The predicted octanol–water partition coefficient (Wildman–Crippen LogP) is 4.51. The van der Waals surface area contributed by atoms with Crippen molar-refractivity contribution in [3.63, 3.8) is 0 Å². The van der Waals surface area contributed by atoms with Gasteiger partial charge in [0.15, 0.2) is 0 Å². The van der Waals surface area contributed by atoms with Gasteiger partial charge in [0.2, 0.25) is 15.9 Å². The number of halogens is 1. The van der Waals surface area contributed by atoms with Crippen molar-refractivity contribution in [1.29, 1.82) is 0 Å². The van der Waals surface area contributed by atoms with Gasteiger partial charge >= 0.3 is 0 Å². The third-order valence-electron chi connectivity index (χ3n) is 5.61. The lowest BCUT2D eigenvalue weighted by Crippen LogP contribution is -2.43. The van der Waals surface area contributed by atoms with Crippen molar-refractivity contribution in [2.45, 2.75) is 50.5 Å². The van der Waals surface area contributed by atoms with Gasteiger partial charge in [-0.15, -0.1) is 0 Å². The van der Waals surface area contributed by atoms with Gasteiger partial charge in [-0.25, -0.2) is 8.42 Å². The van der Waals surface area contributed by atoms with E-state index in [1.165, 1.54) is 38.3 Å². The van der Waals surface area contributed by atoms with Crippen molar-refractivity contribution in [3.8, 4) is 5.75 Å². The van der Waals surface area contributed by atoms with Gasteiger partial charge in [-0.05, 0) is 49.6 Å². The summed E-state index contributed by atoms with van der Waals surface area (Å²) in [4.78, 5) is 24.3. The van der Waals surface area contributed by atoms with Crippen molar-refractivity contribution >= 4 is 44.8 Å². The highest BCUT2D eigenvalue weighted by Crippen LogP contribution is 2.32. The molecule has 1 heterocycles. The van der Waals surface area contributed by atoms with Crippen LogP contribution in [0.15, 0.2) is 41.3 Å². The van der Waals surface area contributed by atoms with E-state index in [-0.39, 0.29) is 33.2 Å². The predicted molar refractivity (Wildman–Crippen MR) is 129 cm³/mol. The molecule has 33 heavy (non-hydrogen) atoms. The smallest absolute Gasteiger partial charge is 0.259 e. The summed E-state index contributed by atoms with van der Waals surface area (Å²) < 4.78 is 33.1. The van der Waals surface area contributed by atoms with Crippen LogP contribution in [0, 0.1) is 0 Å². The van der Waals surface area contributed by atoms with Gasteiger partial charge in [-0.3, -0.25) is 9.59 Å². The molecule has 2 amide bonds. The van der Waals surface area contributed by atoms with Crippen molar-refractivity contribution in [3.05, 3.63) is 47.0 Å². The molecule has 1 fully saturated rings. The first kappa shape index (κ1) is 25.0. The lowest BCUT2D eigenvalue weighted by Gasteiger charge is -2.34. The van der Waals surface area contributed by atoms with Crippen molar-refractivity contribution in [2.24, 2.45) is 0 Å². The number of anilines is 2. The van der Waals surface area contributed by atoms with Crippen molar-refractivity contribution in [2.75, 3.05) is 24.3 Å². The van der Waals surface area contributed by atoms with E-state index in [0.29, 0.717) is 17.9 Å². The zero-order valence-corrected chi connectivity index (χ0v) is 20.4. The first-order valence-corrected chi connectivity index (χ1v) is 12.6. The van der Waals surface area contributed by atoms with Crippen LogP contribution >= 0.6 is 11.6 Å². The molecule has 0 bridgehead atoms. The molecule has 2 aromatic carbocycles. The average molecular weight is 494 g/mol. The van der Waals surface area contributed by atoms with E-state index in [4.69, 9.17) is 16.3 Å². The Balaban J connectivity index is 1.79. The Bertz CT molecular complexity index is 1140. The number of hydrogen-bond donors (Lipinski definition) is 2. The van der Waals surface area contributed by atoms with E-state index in [2.05, 4.69) is 10.6 Å². The number of hydrogen-bond acceptors (Lipinski definition) is 5. The molecule has 0 aromatic heterocycles. The quantitative estimate of drug-likeness (QED) is 0.590. The molecule has 2 aromatic rings. The van der Waals surface area contributed by atoms with Crippen LogP contribution in [-0.4, -0.2) is 44.2 Å². The standard InChI is InChI=1S/C23H28ClN3O5S/c1-4-17-7-5-6-12-27(17)33(30,31)18-10-8-16(9-11-18)26-23(29)19-13-20(24)21(25-15(2)28)14-22(19)32-3/h8-11,13-14,17H,4-7,12H2,1-3H3,(H,25,28)(H,26,29). The highest BCUT2D eigenvalue weighted by molar-refractivity contribution is 7.89. The van der Waals surface area contributed by atoms with Gasteiger partial charge in [0.1, 0.15) is 5.75 Å². The number of nitrogens with one attached hydrogen (secondary N) is 2. The molecule has 0 spiro atoms. The molecule has 8 nitrogen and oxygen atoms in total. The first-order valence-electron chi connectivity index (χ1n) is 10.8. The Morgan fingerprint density at radius 2 is 1.85 bits per heavy atom. The normalized spacial score (nSPS) is 16.8. The number of methoxy groups -OCH3 is 1. The second kappa shape index (κ2) is 10.5. The Kier molecular flexibility index (Phi) is 7.99. The number of piperidine rings is 1. The van der Waals surface area contributed by atoms with Crippen molar-refractivity contribution in [1.82, 2.24) is 4.31 Å². The van der Waals surface area contributed by atoms with Gasteiger partial charge in [0, 0.05) is 31.3 Å². The fourth-order valence-corrected chi connectivity index (χ4v) is 5.91. The summed E-state index contributed by atoms with van der Waals surface area (Å²) in [6, 6.07) is 8.98. The summed E-state index contributed by atoms with van der Waals surface area (Å²) in [5, 5.41) is 5.48. The van der Waals surface area contributed by atoms with Gasteiger partial charge < -0.3 is 15.4 Å². The second-order valence-electron chi connectivity index (χ2n) is 7.87. The molecule has 10 heteroatoms. The molecule has 1 aliphatic rings. The number of carbonyl (C=O) groups is 2. The highest BCUT2D eigenvalue weighted by atomic mass is 35.5. The van der Waals surface area contributed by atoms with Crippen LogP contribution in [0.4, 0.5) is 11.4 Å². The number of ether oxygens (including phenoxy) is 1. The number of rotatable bonds is 7. The van der Waals surface area contributed by atoms with Gasteiger partial charge in [-0.2, -0.15) is 4.31 Å². The summed E-state index contributed by atoms with van der Waals surface area (Å²) >= 11 is 6.20. The largest absolute Gasteiger partial charge is 0.496 e. The van der Waals surface area contributed by atoms with Crippen LogP contribution in [0.5, 0.6) is 5.75 Å². The van der Waals surface area contributed by atoms with Crippen LogP contribution in [-0.2, 0) is 14.8 Å². The Labute approximate surface area is 199 Å². The van der Waals surface area contributed by atoms with Crippen LogP contribution in [0.3, 0.4) is 0 Å². The average Bonchev–Trinajstić information content (AvgIpc) is 2.80. The van der Waals surface area contributed by atoms with Crippen LogP contribution in [0.25, 0.3) is 0 Å². The topological polar surface area (TPSA) is 105 Å². The molecule has 3 rings (SSSR count).